The average Bonchev–Trinajstić information content (AvgIpc) is 3.24. The summed E-state index contributed by atoms with van der Waals surface area (Å²) in [6, 6.07) is 16.0. The van der Waals surface area contributed by atoms with Crippen molar-refractivity contribution in [1.82, 2.24) is 10.2 Å². The highest BCUT2D eigenvalue weighted by Gasteiger charge is 2.28. The monoisotopic (exact) mass is 502 g/mol. The summed E-state index contributed by atoms with van der Waals surface area (Å²) in [5, 5.41) is 3.15. The molecular weight excluding hydrogens is 472 g/mol. The number of carbonyl (C=O) groups is 2. The molecule has 0 heterocycles. The van der Waals surface area contributed by atoms with Gasteiger partial charge >= 0.3 is 0 Å². The van der Waals surface area contributed by atoms with Crippen LogP contribution in [0.25, 0.3) is 0 Å². The number of benzene rings is 2. The molecule has 31 heavy (non-hydrogen) atoms. The Balaban J connectivity index is 1.65. The van der Waals surface area contributed by atoms with Gasteiger partial charge in [-0.25, -0.2) is 0 Å². The predicted molar refractivity (Wildman–Crippen MR) is 132 cm³/mol. The Morgan fingerprint density at radius 3 is 2.55 bits per heavy atom. The summed E-state index contributed by atoms with van der Waals surface area (Å²) in [4.78, 5) is 27.8. The van der Waals surface area contributed by atoms with E-state index in [0.29, 0.717) is 12.3 Å². The SMILES string of the molecule is Cc1cccc(CSCC(=O)N(Cc2cccc(Br)c2)[C@@H](C)C(=O)NC2CCCC2)c1. The number of halogens is 1. The fraction of sp³-hybridized carbons (Fsp3) is 0.440. The van der Waals surface area contributed by atoms with Crippen LogP contribution in [0.5, 0.6) is 0 Å². The molecule has 1 saturated carbocycles. The first-order valence-corrected chi connectivity index (χ1v) is 12.8. The van der Waals surface area contributed by atoms with Gasteiger partial charge < -0.3 is 10.2 Å². The van der Waals surface area contributed by atoms with Crippen molar-refractivity contribution in [2.75, 3.05) is 5.75 Å². The van der Waals surface area contributed by atoms with Crippen LogP contribution in [-0.2, 0) is 21.9 Å². The molecule has 2 aromatic carbocycles. The number of hydrogen-bond acceptors (Lipinski definition) is 3. The minimum atomic E-state index is -0.508. The Kier molecular flexibility index (Phi) is 9.02. The van der Waals surface area contributed by atoms with Gasteiger partial charge in [-0.3, -0.25) is 9.59 Å². The van der Waals surface area contributed by atoms with Gasteiger partial charge in [-0.2, -0.15) is 0 Å². The Labute approximate surface area is 198 Å². The van der Waals surface area contributed by atoms with E-state index in [1.54, 1.807) is 16.7 Å². The van der Waals surface area contributed by atoms with Gasteiger partial charge in [0.15, 0.2) is 0 Å². The zero-order valence-electron chi connectivity index (χ0n) is 18.3. The third kappa shape index (κ3) is 7.39. The van der Waals surface area contributed by atoms with Crippen LogP contribution in [0.4, 0.5) is 0 Å². The number of rotatable bonds is 9. The molecule has 4 nitrogen and oxygen atoms in total. The molecule has 1 N–H and O–H groups in total. The summed E-state index contributed by atoms with van der Waals surface area (Å²) in [5.74, 6) is 1.06. The lowest BCUT2D eigenvalue weighted by molar-refractivity contribution is -0.138. The Morgan fingerprint density at radius 2 is 1.84 bits per heavy atom. The third-order valence-corrected chi connectivity index (χ3v) is 7.17. The third-order valence-electron chi connectivity index (χ3n) is 5.69. The standard InChI is InChI=1S/C25H31BrN2O2S/c1-18-7-5-9-21(13-18)16-31-17-24(29)28(15-20-8-6-10-22(26)14-20)19(2)25(30)27-23-11-3-4-12-23/h5-10,13-14,19,23H,3-4,11-12,15-17H2,1-2H3,(H,27,30)/t19-/m0/s1. The number of aryl methyl sites for hydroxylation is 1. The molecule has 166 valence electrons. The van der Waals surface area contributed by atoms with Crippen molar-refractivity contribution in [3.8, 4) is 0 Å². The fourth-order valence-electron chi connectivity index (χ4n) is 3.95. The first-order valence-electron chi connectivity index (χ1n) is 10.9. The van der Waals surface area contributed by atoms with Crippen LogP contribution >= 0.6 is 27.7 Å². The molecule has 1 aliphatic carbocycles. The van der Waals surface area contributed by atoms with E-state index in [9.17, 15) is 9.59 Å². The summed E-state index contributed by atoms with van der Waals surface area (Å²) >= 11 is 5.10. The Morgan fingerprint density at radius 1 is 1.13 bits per heavy atom. The van der Waals surface area contributed by atoms with Gasteiger partial charge in [0.2, 0.25) is 11.8 Å². The van der Waals surface area contributed by atoms with Crippen molar-refractivity contribution >= 4 is 39.5 Å². The number of amides is 2. The van der Waals surface area contributed by atoms with Crippen molar-refractivity contribution in [2.24, 2.45) is 0 Å². The van der Waals surface area contributed by atoms with E-state index in [1.165, 1.54) is 11.1 Å². The van der Waals surface area contributed by atoms with E-state index < -0.39 is 6.04 Å². The number of nitrogens with zero attached hydrogens (tertiary/aromatic N) is 1. The van der Waals surface area contributed by atoms with Crippen molar-refractivity contribution < 1.29 is 9.59 Å². The smallest absolute Gasteiger partial charge is 0.242 e. The van der Waals surface area contributed by atoms with E-state index >= 15 is 0 Å². The lowest BCUT2D eigenvalue weighted by atomic mass is 10.1. The molecule has 0 spiro atoms. The van der Waals surface area contributed by atoms with Crippen LogP contribution in [0.1, 0.15) is 49.3 Å². The second-order valence-corrected chi connectivity index (χ2v) is 10.2. The van der Waals surface area contributed by atoms with E-state index in [1.807, 2.05) is 37.3 Å². The highest BCUT2D eigenvalue weighted by Crippen LogP contribution is 2.20. The predicted octanol–water partition coefficient (Wildman–Crippen LogP) is 5.47. The molecule has 1 atom stereocenters. The Hall–Kier alpha value is -1.79. The molecule has 0 bridgehead atoms. The second-order valence-electron chi connectivity index (χ2n) is 8.30. The molecule has 0 radical (unpaired) electrons. The highest BCUT2D eigenvalue weighted by molar-refractivity contribution is 9.10. The number of carbonyl (C=O) groups excluding carboxylic acids is 2. The van der Waals surface area contributed by atoms with Crippen LogP contribution in [-0.4, -0.2) is 34.6 Å². The van der Waals surface area contributed by atoms with Crippen LogP contribution in [0.15, 0.2) is 53.0 Å². The number of nitrogens with one attached hydrogen (secondary N) is 1. The molecule has 2 aromatic rings. The summed E-state index contributed by atoms with van der Waals surface area (Å²) in [6.07, 6.45) is 4.39. The maximum Gasteiger partial charge on any atom is 0.242 e. The quantitative estimate of drug-likeness (QED) is 0.494. The molecule has 0 saturated heterocycles. The van der Waals surface area contributed by atoms with Gasteiger partial charge in [-0.15, -0.1) is 11.8 Å². The van der Waals surface area contributed by atoms with Crippen molar-refractivity contribution in [3.05, 3.63) is 69.7 Å². The van der Waals surface area contributed by atoms with Gasteiger partial charge in [0.05, 0.1) is 5.75 Å². The molecular formula is C25H31BrN2O2S. The zero-order chi connectivity index (χ0) is 22.2. The topological polar surface area (TPSA) is 49.4 Å². The first-order chi connectivity index (χ1) is 14.9. The fourth-order valence-corrected chi connectivity index (χ4v) is 5.25. The molecule has 0 aliphatic heterocycles. The molecule has 2 amide bonds. The number of thioether (sulfide) groups is 1. The van der Waals surface area contributed by atoms with E-state index in [-0.39, 0.29) is 17.9 Å². The van der Waals surface area contributed by atoms with Gasteiger partial charge in [0.25, 0.3) is 0 Å². The number of hydrogen-bond donors (Lipinski definition) is 1. The van der Waals surface area contributed by atoms with E-state index in [0.717, 1.165) is 41.5 Å². The van der Waals surface area contributed by atoms with E-state index in [2.05, 4.69) is 46.4 Å². The van der Waals surface area contributed by atoms with Gasteiger partial charge in [0.1, 0.15) is 6.04 Å². The minimum absolute atomic E-state index is 0.00768. The largest absolute Gasteiger partial charge is 0.352 e. The van der Waals surface area contributed by atoms with Crippen LogP contribution in [0, 0.1) is 6.92 Å². The molecule has 6 heteroatoms. The minimum Gasteiger partial charge on any atom is -0.352 e. The lowest BCUT2D eigenvalue weighted by Crippen LogP contribution is -2.50. The highest BCUT2D eigenvalue weighted by atomic mass is 79.9. The van der Waals surface area contributed by atoms with Gasteiger partial charge in [0, 0.05) is 22.8 Å². The first kappa shape index (κ1) is 23.9. The Bertz CT molecular complexity index is 899. The summed E-state index contributed by atoms with van der Waals surface area (Å²) < 4.78 is 0.967. The summed E-state index contributed by atoms with van der Waals surface area (Å²) in [6.45, 7) is 4.33. The summed E-state index contributed by atoms with van der Waals surface area (Å²) in [7, 11) is 0. The lowest BCUT2D eigenvalue weighted by Gasteiger charge is -2.29. The van der Waals surface area contributed by atoms with Crippen LogP contribution < -0.4 is 5.32 Å². The molecule has 0 aromatic heterocycles. The van der Waals surface area contributed by atoms with Crippen LogP contribution in [0.2, 0.25) is 0 Å². The van der Waals surface area contributed by atoms with Gasteiger partial charge in [-0.05, 0) is 49.9 Å². The average molecular weight is 504 g/mol. The molecule has 1 aliphatic rings. The van der Waals surface area contributed by atoms with E-state index in [4.69, 9.17) is 0 Å². The molecule has 3 rings (SSSR count). The molecule has 0 unspecified atom stereocenters. The maximum atomic E-state index is 13.2. The normalized spacial score (nSPS) is 14.9. The zero-order valence-corrected chi connectivity index (χ0v) is 20.7. The maximum absolute atomic E-state index is 13.2. The van der Waals surface area contributed by atoms with Gasteiger partial charge in [-0.1, -0.05) is 70.7 Å². The van der Waals surface area contributed by atoms with Crippen molar-refractivity contribution in [3.63, 3.8) is 0 Å². The van der Waals surface area contributed by atoms with Crippen molar-refractivity contribution in [2.45, 2.75) is 63.9 Å². The van der Waals surface area contributed by atoms with Crippen LogP contribution in [0.3, 0.4) is 0 Å². The second kappa shape index (κ2) is 11.7. The summed E-state index contributed by atoms with van der Waals surface area (Å²) in [5.41, 5.74) is 3.44. The molecule has 1 fully saturated rings. The van der Waals surface area contributed by atoms with Crippen molar-refractivity contribution in [1.29, 1.82) is 0 Å².